The summed E-state index contributed by atoms with van der Waals surface area (Å²) in [4.78, 5) is 19.5. The largest absolute Gasteiger partial charge is 0.381 e. The number of pyridine rings is 1. The third-order valence-electron chi connectivity index (χ3n) is 5.09. The average Bonchev–Trinajstić information content (AvgIpc) is 3.12. The molecule has 1 N–H and O–H groups in total. The van der Waals surface area contributed by atoms with Crippen LogP contribution in [0.2, 0.25) is 5.02 Å². The molecule has 2 aliphatic heterocycles. The third-order valence-corrected chi connectivity index (χ3v) is 5.32. The minimum atomic E-state index is 0.0329. The molecule has 4 rings (SSSR count). The Bertz CT molecular complexity index is 776. The maximum Gasteiger partial charge on any atom is 0.225 e. The SMILES string of the molecule is O=C(NC1CCOCC1)C1CCN(c2ccc3cc(Cl)ccc3n2)C1. The number of carbonyl (C=O) groups excluding carboxylic acids is 1. The van der Waals surface area contributed by atoms with E-state index in [0.717, 1.165) is 62.3 Å². The van der Waals surface area contributed by atoms with Crippen molar-refractivity contribution in [3.63, 3.8) is 0 Å². The van der Waals surface area contributed by atoms with E-state index in [1.54, 1.807) is 0 Å². The lowest BCUT2D eigenvalue weighted by Gasteiger charge is -2.24. The topological polar surface area (TPSA) is 54.5 Å². The van der Waals surface area contributed by atoms with E-state index in [4.69, 9.17) is 21.3 Å². The summed E-state index contributed by atoms with van der Waals surface area (Å²) in [6.45, 7) is 3.07. The van der Waals surface area contributed by atoms with Crippen molar-refractivity contribution in [3.05, 3.63) is 35.4 Å². The standard InChI is InChI=1S/C19H22ClN3O2/c20-15-2-3-17-13(11-15)1-4-18(22-17)23-8-5-14(12-23)19(24)21-16-6-9-25-10-7-16/h1-4,11,14,16H,5-10,12H2,(H,21,24). The first kappa shape index (κ1) is 16.6. The van der Waals surface area contributed by atoms with Crippen LogP contribution in [0.4, 0.5) is 5.82 Å². The van der Waals surface area contributed by atoms with Crippen LogP contribution >= 0.6 is 11.6 Å². The molecular weight excluding hydrogens is 338 g/mol. The normalized spacial score (nSPS) is 21.6. The zero-order valence-electron chi connectivity index (χ0n) is 14.1. The second kappa shape index (κ2) is 7.18. The number of benzene rings is 1. The monoisotopic (exact) mass is 359 g/mol. The van der Waals surface area contributed by atoms with Crippen LogP contribution in [0.5, 0.6) is 0 Å². The molecule has 2 aliphatic rings. The second-order valence-electron chi connectivity index (χ2n) is 6.83. The summed E-state index contributed by atoms with van der Waals surface area (Å²) in [6.07, 6.45) is 2.70. The Morgan fingerprint density at radius 1 is 1.20 bits per heavy atom. The predicted octanol–water partition coefficient (Wildman–Crippen LogP) is 3.01. The Morgan fingerprint density at radius 3 is 2.88 bits per heavy atom. The number of hydrogen-bond acceptors (Lipinski definition) is 4. The lowest BCUT2D eigenvalue weighted by atomic mass is 10.1. The third kappa shape index (κ3) is 3.72. The summed E-state index contributed by atoms with van der Waals surface area (Å²) in [5.41, 5.74) is 0.928. The average molecular weight is 360 g/mol. The lowest BCUT2D eigenvalue weighted by Crippen LogP contribution is -2.42. The maximum absolute atomic E-state index is 12.5. The first-order valence-corrected chi connectivity index (χ1v) is 9.26. The van der Waals surface area contributed by atoms with Crippen LogP contribution in [0.25, 0.3) is 10.9 Å². The smallest absolute Gasteiger partial charge is 0.225 e. The molecule has 3 heterocycles. The van der Waals surface area contributed by atoms with Crippen LogP contribution in [0.1, 0.15) is 19.3 Å². The Kier molecular flexibility index (Phi) is 4.77. The molecule has 2 aromatic rings. The summed E-state index contributed by atoms with van der Waals surface area (Å²) in [6, 6.07) is 10.0. The Hall–Kier alpha value is -1.85. The zero-order valence-corrected chi connectivity index (χ0v) is 14.8. The number of nitrogens with one attached hydrogen (secondary N) is 1. The van der Waals surface area contributed by atoms with Crippen molar-refractivity contribution in [2.24, 2.45) is 5.92 Å². The van der Waals surface area contributed by atoms with E-state index in [9.17, 15) is 4.79 Å². The summed E-state index contributed by atoms with van der Waals surface area (Å²) in [7, 11) is 0. The molecule has 0 saturated carbocycles. The molecule has 2 saturated heterocycles. The Morgan fingerprint density at radius 2 is 2.04 bits per heavy atom. The van der Waals surface area contributed by atoms with Gasteiger partial charge in [-0.3, -0.25) is 4.79 Å². The fourth-order valence-corrected chi connectivity index (χ4v) is 3.79. The highest BCUT2D eigenvalue weighted by molar-refractivity contribution is 6.31. The van der Waals surface area contributed by atoms with Gasteiger partial charge in [-0.2, -0.15) is 0 Å². The zero-order chi connectivity index (χ0) is 17.2. The Balaban J connectivity index is 1.41. The van der Waals surface area contributed by atoms with Crippen LogP contribution in [-0.2, 0) is 9.53 Å². The van der Waals surface area contributed by atoms with Crippen LogP contribution in [-0.4, -0.2) is 43.2 Å². The fraction of sp³-hybridized carbons (Fsp3) is 0.474. The molecule has 1 aromatic heterocycles. The summed E-state index contributed by atoms with van der Waals surface area (Å²) >= 11 is 6.03. The fourth-order valence-electron chi connectivity index (χ4n) is 3.61. The van der Waals surface area contributed by atoms with Gasteiger partial charge in [0.05, 0.1) is 11.4 Å². The molecule has 1 amide bonds. The van der Waals surface area contributed by atoms with E-state index in [2.05, 4.69) is 10.2 Å². The molecule has 132 valence electrons. The van der Waals surface area contributed by atoms with Gasteiger partial charge in [0.2, 0.25) is 5.91 Å². The highest BCUT2D eigenvalue weighted by atomic mass is 35.5. The van der Waals surface area contributed by atoms with Crippen molar-refractivity contribution >= 4 is 34.2 Å². The number of aromatic nitrogens is 1. The molecule has 0 radical (unpaired) electrons. The molecule has 1 aromatic carbocycles. The van der Waals surface area contributed by atoms with E-state index < -0.39 is 0 Å². The molecule has 2 fully saturated rings. The van der Waals surface area contributed by atoms with E-state index >= 15 is 0 Å². The van der Waals surface area contributed by atoms with Gasteiger partial charge in [-0.05, 0) is 49.6 Å². The number of ether oxygens (including phenoxy) is 1. The van der Waals surface area contributed by atoms with Gasteiger partial charge in [-0.25, -0.2) is 4.98 Å². The molecule has 25 heavy (non-hydrogen) atoms. The van der Waals surface area contributed by atoms with Gasteiger partial charge in [0.1, 0.15) is 5.82 Å². The molecule has 5 nitrogen and oxygen atoms in total. The van der Waals surface area contributed by atoms with Crippen molar-refractivity contribution in [2.45, 2.75) is 25.3 Å². The van der Waals surface area contributed by atoms with Crippen molar-refractivity contribution in [3.8, 4) is 0 Å². The van der Waals surface area contributed by atoms with Crippen LogP contribution in [0.15, 0.2) is 30.3 Å². The highest BCUT2D eigenvalue weighted by Crippen LogP contribution is 2.26. The van der Waals surface area contributed by atoms with E-state index in [1.807, 2.05) is 30.3 Å². The molecule has 0 spiro atoms. The van der Waals surface area contributed by atoms with Gasteiger partial charge in [0.25, 0.3) is 0 Å². The van der Waals surface area contributed by atoms with Crippen LogP contribution in [0, 0.1) is 5.92 Å². The van der Waals surface area contributed by atoms with Gasteiger partial charge in [0.15, 0.2) is 0 Å². The quantitative estimate of drug-likeness (QED) is 0.915. The number of amides is 1. The highest BCUT2D eigenvalue weighted by Gasteiger charge is 2.30. The van der Waals surface area contributed by atoms with Gasteiger partial charge in [0, 0.05) is 42.8 Å². The number of carbonyl (C=O) groups is 1. The summed E-state index contributed by atoms with van der Waals surface area (Å²) < 4.78 is 5.35. The van der Waals surface area contributed by atoms with Gasteiger partial charge in [-0.1, -0.05) is 11.6 Å². The number of anilines is 1. The van der Waals surface area contributed by atoms with Gasteiger partial charge >= 0.3 is 0 Å². The number of halogens is 1. The van der Waals surface area contributed by atoms with Crippen LogP contribution in [0.3, 0.4) is 0 Å². The maximum atomic E-state index is 12.5. The van der Waals surface area contributed by atoms with E-state index in [-0.39, 0.29) is 17.9 Å². The number of hydrogen-bond donors (Lipinski definition) is 1. The molecule has 0 bridgehead atoms. The molecule has 1 unspecified atom stereocenters. The van der Waals surface area contributed by atoms with Crippen molar-refractivity contribution in [1.82, 2.24) is 10.3 Å². The number of nitrogens with zero attached hydrogens (tertiary/aromatic N) is 2. The minimum Gasteiger partial charge on any atom is -0.381 e. The summed E-state index contributed by atoms with van der Waals surface area (Å²) in [5.74, 6) is 1.13. The van der Waals surface area contributed by atoms with Crippen molar-refractivity contribution in [1.29, 1.82) is 0 Å². The molecule has 6 heteroatoms. The molecule has 1 atom stereocenters. The molecular formula is C19H22ClN3O2. The lowest BCUT2D eigenvalue weighted by molar-refractivity contribution is -0.125. The predicted molar refractivity (Wildman–Crippen MR) is 99.1 cm³/mol. The van der Waals surface area contributed by atoms with Gasteiger partial charge in [-0.15, -0.1) is 0 Å². The van der Waals surface area contributed by atoms with Crippen LogP contribution < -0.4 is 10.2 Å². The number of fused-ring (bicyclic) bond motifs is 1. The first-order valence-electron chi connectivity index (χ1n) is 8.88. The Labute approximate surface area is 152 Å². The van der Waals surface area contributed by atoms with Gasteiger partial charge < -0.3 is 15.0 Å². The first-order chi connectivity index (χ1) is 12.2. The number of rotatable bonds is 3. The summed E-state index contributed by atoms with van der Waals surface area (Å²) in [5, 5.41) is 4.94. The van der Waals surface area contributed by atoms with Crippen molar-refractivity contribution < 1.29 is 9.53 Å². The minimum absolute atomic E-state index is 0.0329. The second-order valence-corrected chi connectivity index (χ2v) is 7.27. The van der Waals surface area contributed by atoms with E-state index in [1.165, 1.54) is 0 Å². The van der Waals surface area contributed by atoms with E-state index in [0.29, 0.717) is 5.02 Å². The van der Waals surface area contributed by atoms with Crippen molar-refractivity contribution in [2.75, 3.05) is 31.2 Å². The molecule has 0 aliphatic carbocycles.